The summed E-state index contributed by atoms with van der Waals surface area (Å²) < 4.78 is 19.4. The highest BCUT2D eigenvalue weighted by molar-refractivity contribution is 7.32. The molecular weight excluding hydrogens is 207 g/mol. The zero-order valence-electron chi connectivity index (χ0n) is 8.01. The highest BCUT2D eigenvalue weighted by Crippen LogP contribution is 2.15. The van der Waals surface area contributed by atoms with Crippen LogP contribution in [0.15, 0.2) is 12.7 Å². The summed E-state index contributed by atoms with van der Waals surface area (Å²) in [6.45, 7) is 5.18. The van der Waals surface area contributed by atoms with Crippen LogP contribution in [0, 0.1) is 0 Å². The van der Waals surface area contributed by atoms with Gasteiger partial charge in [-0.05, 0) is 19.8 Å². The Kier molecular flexibility index (Phi) is 7.20. The van der Waals surface area contributed by atoms with Gasteiger partial charge in [0.25, 0.3) is 0 Å². The third-order valence-corrected chi connectivity index (χ3v) is 1.84. The van der Waals surface area contributed by atoms with Gasteiger partial charge in [0.2, 0.25) is 0 Å². The van der Waals surface area contributed by atoms with Crippen molar-refractivity contribution in [1.29, 1.82) is 0 Å². The van der Waals surface area contributed by atoms with Crippen LogP contribution in [0.3, 0.4) is 0 Å². The fourth-order valence-corrected chi connectivity index (χ4v) is 1.10. The zero-order chi connectivity index (χ0) is 11.0. The minimum atomic E-state index is -2.53. The summed E-state index contributed by atoms with van der Waals surface area (Å²) in [6, 6.07) is 0. The molecule has 0 aromatic heterocycles. The summed E-state index contributed by atoms with van der Waals surface area (Å²) in [5.74, 6) is -0.466. The molecule has 0 heterocycles. The van der Waals surface area contributed by atoms with Crippen molar-refractivity contribution in [3.8, 4) is 0 Å². The van der Waals surface area contributed by atoms with Gasteiger partial charge in [-0.25, -0.2) is 4.79 Å². The topological polar surface area (TPSA) is 72.8 Å². The molecule has 0 aromatic carbocycles. The van der Waals surface area contributed by atoms with Crippen LogP contribution in [0.2, 0.25) is 0 Å². The summed E-state index contributed by atoms with van der Waals surface area (Å²) in [4.78, 5) is 19.0. The van der Waals surface area contributed by atoms with Gasteiger partial charge < -0.3 is 4.74 Å². The van der Waals surface area contributed by atoms with Gasteiger partial charge in [-0.1, -0.05) is 6.58 Å². The van der Waals surface area contributed by atoms with Crippen molar-refractivity contribution < 1.29 is 23.5 Å². The van der Waals surface area contributed by atoms with Crippen LogP contribution in [0.1, 0.15) is 19.8 Å². The lowest BCUT2D eigenvalue weighted by Crippen LogP contribution is -2.13. The number of rotatable bonds is 7. The first-order valence-electron chi connectivity index (χ1n) is 4.18. The first-order valence-corrected chi connectivity index (χ1v) is 5.31. The van der Waals surface area contributed by atoms with E-state index in [2.05, 4.69) is 11.1 Å². The van der Waals surface area contributed by atoms with E-state index in [-0.39, 0.29) is 12.7 Å². The summed E-state index contributed by atoms with van der Waals surface area (Å²) in [5.41, 5.74) is 0. The Morgan fingerprint density at radius 2 is 2.36 bits per heavy atom. The number of esters is 1. The molecule has 0 aliphatic rings. The van der Waals surface area contributed by atoms with Crippen LogP contribution < -0.4 is 0 Å². The molecule has 1 N–H and O–H groups in total. The van der Waals surface area contributed by atoms with Crippen LogP contribution in [0.25, 0.3) is 0 Å². The molecule has 0 fully saturated rings. The monoisotopic (exact) mass is 221 g/mol. The fraction of sp³-hybridized carbons (Fsp3) is 0.625. The van der Waals surface area contributed by atoms with Gasteiger partial charge in [0, 0.05) is 10.6 Å². The zero-order valence-corrected chi connectivity index (χ0v) is 8.90. The lowest BCUT2D eigenvalue weighted by molar-refractivity contribution is -0.142. The van der Waals surface area contributed by atoms with Crippen LogP contribution in [-0.4, -0.2) is 23.6 Å². The molecule has 0 amide bonds. The molecule has 0 aliphatic heterocycles. The van der Waals surface area contributed by atoms with E-state index in [1.807, 2.05) is 0 Å². The normalized spacial score (nSPS) is 13.1. The SMILES string of the molecule is C=CC(=O)OC(C)CCCO[P+](=O)O. The summed E-state index contributed by atoms with van der Waals surface area (Å²) >= 11 is 0. The molecule has 80 valence electrons. The van der Waals surface area contributed by atoms with E-state index >= 15 is 0 Å². The van der Waals surface area contributed by atoms with Gasteiger partial charge in [-0.15, -0.1) is 9.42 Å². The lowest BCUT2D eigenvalue weighted by Gasteiger charge is -2.09. The second-order valence-corrected chi connectivity index (χ2v) is 3.40. The van der Waals surface area contributed by atoms with Crippen LogP contribution in [0.5, 0.6) is 0 Å². The van der Waals surface area contributed by atoms with Crippen molar-refractivity contribution in [2.75, 3.05) is 6.61 Å². The molecule has 0 aromatic rings. The Morgan fingerprint density at radius 3 is 2.86 bits per heavy atom. The molecular formula is C8H14O5P+. The number of ether oxygens (including phenoxy) is 1. The van der Waals surface area contributed by atoms with E-state index < -0.39 is 14.2 Å². The molecule has 5 nitrogen and oxygen atoms in total. The molecule has 0 aliphatic carbocycles. The smallest absolute Gasteiger partial charge is 0.460 e. The highest BCUT2D eigenvalue weighted by Gasteiger charge is 2.12. The molecule has 14 heavy (non-hydrogen) atoms. The summed E-state index contributed by atoms with van der Waals surface area (Å²) in [7, 11) is -2.53. The third-order valence-electron chi connectivity index (χ3n) is 1.44. The fourth-order valence-electron chi connectivity index (χ4n) is 0.819. The molecule has 6 heteroatoms. The molecule has 0 rings (SSSR count). The maximum absolute atomic E-state index is 10.7. The number of carbonyl (C=O) groups is 1. The average molecular weight is 221 g/mol. The molecule has 0 spiro atoms. The molecule has 2 unspecified atom stereocenters. The van der Waals surface area contributed by atoms with E-state index in [9.17, 15) is 9.36 Å². The van der Waals surface area contributed by atoms with Gasteiger partial charge in [-0.2, -0.15) is 0 Å². The Labute approximate surface area is 83.7 Å². The van der Waals surface area contributed by atoms with Gasteiger partial charge in [0.15, 0.2) is 0 Å². The lowest BCUT2D eigenvalue weighted by atomic mass is 10.2. The van der Waals surface area contributed by atoms with Crippen molar-refractivity contribution in [3.05, 3.63) is 12.7 Å². The highest BCUT2D eigenvalue weighted by atomic mass is 31.1. The van der Waals surface area contributed by atoms with Crippen molar-refractivity contribution >= 4 is 14.2 Å². The van der Waals surface area contributed by atoms with E-state index in [1.165, 1.54) is 0 Å². The average Bonchev–Trinajstić information content (AvgIpc) is 2.12. The first kappa shape index (κ1) is 13.2. The van der Waals surface area contributed by atoms with Crippen LogP contribution in [0.4, 0.5) is 0 Å². The van der Waals surface area contributed by atoms with Crippen LogP contribution in [-0.2, 0) is 18.6 Å². The maximum atomic E-state index is 10.7. The van der Waals surface area contributed by atoms with Crippen molar-refractivity contribution in [3.63, 3.8) is 0 Å². The predicted octanol–water partition coefficient (Wildman–Crippen LogP) is 1.55. The van der Waals surface area contributed by atoms with E-state index in [0.717, 1.165) is 6.08 Å². The molecule has 0 bridgehead atoms. The van der Waals surface area contributed by atoms with Gasteiger partial charge >= 0.3 is 14.2 Å². The Balaban J connectivity index is 3.44. The number of hydrogen-bond donors (Lipinski definition) is 1. The predicted molar refractivity (Wildman–Crippen MR) is 50.8 cm³/mol. The van der Waals surface area contributed by atoms with Crippen molar-refractivity contribution in [1.82, 2.24) is 0 Å². The Bertz CT molecular complexity index is 216. The Morgan fingerprint density at radius 1 is 1.71 bits per heavy atom. The van der Waals surface area contributed by atoms with Crippen molar-refractivity contribution in [2.45, 2.75) is 25.9 Å². The number of hydrogen-bond acceptors (Lipinski definition) is 4. The van der Waals surface area contributed by atoms with Gasteiger partial charge in [-0.3, -0.25) is 0 Å². The molecule has 2 atom stereocenters. The summed E-state index contributed by atoms with van der Waals surface area (Å²) in [5, 5.41) is 0. The van der Waals surface area contributed by atoms with E-state index in [4.69, 9.17) is 9.63 Å². The van der Waals surface area contributed by atoms with Gasteiger partial charge in [0.05, 0.1) is 6.10 Å². The number of carbonyl (C=O) groups excluding carboxylic acids is 1. The standard InChI is InChI=1S/C8H13O5P/c1-3-8(9)13-7(2)5-4-6-12-14(10)11/h3,7H,1,4-6H2,2H3/p+1. The largest absolute Gasteiger partial charge is 0.694 e. The van der Waals surface area contributed by atoms with E-state index in [1.54, 1.807) is 6.92 Å². The first-order chi connectivity index (χ1) is 6.56. The summed E-state index contributed by atoms with van der Waals surface area (Å²) in [6.07, 6.45) is 2.01. The second kappa shape index (κ2) is 7.62. The second-order valence-electron chi connectivity index (χ2n) is 2.66. The van der Waals surface area contributed by atoms with E-state index in [0.29, 0.717) is 12.8 Å². The van der Waals surface area contributed by atoms with Crippen molar-refractivity contribution in [2.24, 2.45) is 0 Å². The molecule has 0 radical (unpaired) electrons. The quantitative estimate of drug-likeness (QED) is 0.305. The molecule has 0 saturated heterocycles. The van der Waals surface area contributed by atoms with Gasteiger partial charge in [0.1, 0.15) is 6.61 Å². The minimum absolute atomic E-state index is 0.182. The molecule has 0 saturated carbocycles. The third kappa shape index (κ3) is 7.86. The maximum Gasteiger partial charge on any atom is 0.694 e. The van der Waals surface area contributed by atoms with Crippen LogP contribution >= 0.6 is 8.25 Å². The minimum Gasteiger partial charge on any atom is -0.460 e. The Hall–Kier alpha value is -0.770.